The molecule has 0 unspecified atom stereocenters. The highest BCUT2D eigenvalue weighted by Crippen LogP contribution is 2.59. The monoisotopic (exact) mass is 434 g/mol. The number of carbonyl (C=O) groups is 2. The van der Waals surface area contributed by atoms with E-state index >= 15 is 0 Å². The second-order valence-electron chi connectivity index (χ2n) is 7.40. The van der Waals surface area contributed by atoms with Crippen LogP contribution >= 0.6 is 22.6 Å². The number of aliphatic hydroxyl groups is 1. The molecule has 23 heavy (non-hydrogen) atoms. The molecule has 8 atom stereocenters. The molecule has 128 valence electrons. The third-order valence-corrected chi connectivity index (χ3v) is 7.33. The highest BCUT2D eigenvalue weighted by atomic mass is 127. The molecule has 1 saturated heterocycles. The first-order chi connectivity index (χ1) is 10.7. The molecule has 3 aliphatic rings. The number of aliphatic hydroxyl groups excluding tert-OH is 1. The lowest BCUT2D eigenvalue weighted by Crippen LogP contribution is -2.50. The van der Waals surface area contributed by atoms with Crippen LogP contribution in [0, 0.1) is 23.2 Å². The molecule has 0 radical (unpaired) electrons. The van der Waals surface area contributed by atoms with Crippen molar-refractivity contribution in [2.75, 3.05) is 0 Å². The van der Waals surface area contributed by atoms with Crippen molar-refractivity contribution >= 4 is 34.5 Å². The van der Waals surface area contributed by atoms with E-state index in [0.29, 0.717) is 22.3 Å². The maximum Gasteiger partial charge on any atom is 0.334 e. The van der Waals surface area contributed by atoms with Crippen LogP contribution in [0.2, 0.25) is 0 Å². The summed E-state index contributed by atoms with van der Waals surface area (Å²) in [6.45, 7) is 9.37. The van der Waals surface area contributed by atoms with Gasteiger partial charge in [-0.15, -0.1) is 0 Å². The van der Waals surface area contributed by atoms with Crippen LogP contribution in [0.25, 0.3) is 0 Å². The number of fused-ring (bicyclic) bond motifs is 2. The van der Waals surface area contributed by atoms with E-state index in [1.54, 1.807) is 0 Å². The molecule has 0 bridgehead atoms. The average molecular weight is 434 g/mol. The van der Waals surface area contributed by atoms with E-state index in [1.165, 1.54) is 6.92 Å². The number of alkyl halides is 1. The number of esters is 2. The number of halogens is 1. The van der Waals surface area contributed by atoms with Crippen LogP contribution in [0.15, 0.2) is 12.2 Å². The Morgan fingerprint density at radius 1 is 1.48 bits per heavy atom. The molecular weight excluding hydrogens is 411 g/mol. The molecule has 1 heterocycles. The largest absolute Gasteiger partial charge is 0.461 e. The summed E-state index contributed by atoms with van der Waals surface area (Å²) in [7, 11) is 0. The second-order valence-corrected chi connectivity index (χ2v) is 9.00. The Bertz CT molecular complexity index is 561. The summed E-state index contributed by atoms with van der Waals surface area (Å²) in [6, 6.07) is 0. The summed E-state index contributed by atoms with van der Waals surface area (Å²) in [4.78, 5) is 23.7. The fourth-order valence-corrected chi connectivity index (χ4v) is 7.04. The van der Waals surface area contributed by atoms with Crippen LogP contribution in [-0.2, 0) is 19.1 Å². The Hall–Kier alpha value is -0.630. The van der Waals surface area contributed by atoms with Crippen molar-refractivity contribution in [3.05, 3.63) is 12.2 Å². The number of hydrogen-bond acceptors (Lipinski definition) is 5. The van der Waals surface area contributed by atoms with E-state index in [2.05, 4.69) is 36.1 Å². The maximum atomic E-state index is 12.0. The first-order valence-corrected chi connectivity index (χ1v) is 9.31. The standard InChI is InChI=1S/C17H23IO5/c1-7-5-11-13(8(2)16(21)23-11)15(22-9(3)19)17(4)12(20)6-10(18)14(7)17/h7,10-15,20H,2,5-6H2,1,3-4H3/t7-,10+,11+,12+,13-,14-,15+,17-/m1/s1. The van der Waals surface area contributed by atoms with Gasteiger partial charge in [0.2, 0.25) is 0 Å². The van der Waals surface area contributed by atoms with Crippen molar-refractivity contribution < 1.29 is 24.2 Å². The van der Waals surface area contributed by atoms with Gasteiger partial charge in [0.05, 0.1) is 12.0 Å². The van der Waals surface area contributed by atoms with Crippen molar-refractivity contribution in [3.63, 3.8) is 0 Å². The first kappa shape index (κ1) is 17.2. The van der Waals surface area contributed by atoms with Crippen LogP contribution in [0.4, 0.5) is 0 Å². The molecule has 0 spiro atoms. The van der Waals surface area contributed by atoms with Crippen molar-refractivity contribution in [3.8, 4) is 0 Å². The normalized spacial score (nSPS) is 49.2. The molecule has 3 fully saturated rings. The van der Waals surface area contributed by atoms with E-state index in [9.17, 15) is 14.7 Å². The van der Waals surface area contributed by atoms with Crippen molar-refractivity contribution in [2.45, 2.75) is 55.8 Å². The maximum absolute atomic E-state index is 12.0. The molecule has 3 rings (SSSR count). The molecule has 6 heteroatoms. The number of carbonyl (C=O) groups excluding carboxylic acids is 2. The quantitative estimate of drug-likeness (QED) is 0.297. The van der Waals surface area contributed by atoms with Gasteiger partial charge in [-0.25, -0.2) is 4.79 Å². The van der Waals surface area contributed by atoms with Gasteiger partial charge in [-0.3, -0.25) is 4.79 Å². The van der Waals surface area contributed by atoms with E-state index in [4.69, 9.17) is 9.47 Å². The Balaban J connectivity index is 2.12. The highest BCUT2D eigenvalue weighted by molar-refractivity contribution is 14.1. The molecule has 0 aromatic carbocycles. The summed E-state index contributed by atoms with van der Waals surface area (Å²) >= 11 is 2.39. The van der Waals surface area contributed by atoms with Gasteiger partial charge in [0.1, 0.15) is 12.2 Å². The molecule has 1 aliphatic heterocycles. The summed E-state index contributed by atoms with van der Waals surface area (Å²) in [5, 5.41) is 10.8. The van der Waals surface area contributed by atoms with Gasteiger partial charge in [0.25, 0.3) is 0 Å². The van der Waals surface area contributed by atoms with E-state index in [0.717, 1.165) is 0 Å². The molecular formula is C17H23IO5. The van der Waals surface area contributed by atoms with Gasteiger partial charge < -0.3 is 14.6 Å². The molecule has 0 amide bonds. The van der Waals surface area contributed by atoms with Crippen molar-refractivity contribution in [1.29, 1.82) is 0 Å². The van der Waals surface area contributed by atoms with Crippen molar-refractivity contribution in [2.24, 2.45) is 23.2 Å². The molecule has 5 nitrogen and oxygen atoms in total. The Labute approximate surface area is 149 Å². The molecule has 1 N–H and O–H groups in total. The van der Waals surface area contributed by atoms with Crippen LogP contribution in [-0.4, -0.2) is 39.3 Å². The van der Waals surface area contributed by atoms with E-state index in [1.807, 2.05) is 6.92 Å². The summed E-state index contributed by atoms with van der Waals surface area (Å²) in [6.07, 6.45) is -0.119. The van der Waals surface area contributed by atoms with Gasteiger partial charge in [-0.05, 0) is 24.7 Å². The summed E-state index contributed by atoms with van der Waals surface area (Å²) in [5.41, 5.74) is -0.243. The zero-order valence-electron chi connectivity index (χ0n) is 13.6. The first-order valence-electron chi connectivity index (χ1n) is 8.07. The third-order valence-electron chi connectivity index (χ3n) is 6.05. The Kier molecular flexibility index (Phi) is 4.28. The second kappa shape index (κ2) is 5.72. The lowest BCUT2D eigenvalue weighted by molar-refractivity contribution is -0.167. The molecule has 0 aromatic rings. The minimum Gasteiger partial charge on any atom is -0.461 e. The zero-order chi connectivity index (χ0) is 17.1. The predicted octanol–water partition coefficient (Wildman–Crippen LogP) is 2.25. The van der Waals surface area contributed by atoms with E-state index in [-0.39, 0.29) is 23.9 Å². The molecule has 0 aromatic heterocycles. The zero-order valence-corrected chi connectivity index (χ0v) is 15.8. The van der Waals surface area contributed by atoms with Gasteiger partial charge in [-0.1, -0.05) is 43.0 Å². The van der Waals surface area contributed by atoms with Crippen molar-refractivity contribution in [1.82, 2.24) is 0 Å². The fraction of sp³-hybridized carbons (Fsp3) is 0.765. The summed E-state index contributed by atoms with van der Waals surface area (Å²) < 4.78 is 11.5. The predicted molar refractivity (Wildman–Crippen MR) is 91.9 cm³/mol. The SMILES string of the molecule is C=C1C(=O)O[C@H]2C[C@@H](C)[C@@H]3[C@@H](I)C[C@H](O)[C@@]3(C)[C@@H](OC(C)=O)[C@H]12. The number of rotatable bonds is 1. The van der Waals surface area contributed by atoms with Gasteiger partial charge in [0, 0.05) is 21.8 Å². The Morgan fingerprint density at radius 2 is 2.13 bits per heavy atom. The van der Waals surface area contributed by atoms with Crippen LogP contribution in [0.3, 0.4) is 0 Å². The smallest absolute Gasteiger partial charge is 0.334 e. The number of hydrogen-bond donors (Lipinski definition) is 1. The minimum absolute atomic E-state index is 0.194. The van der Waals surface area contributed by atoms with Gasteiger partial charge >= 0.3 is 11.9 Å². The lowest BCUT2D eigenvalue weighted by atomic mass is 9.67. The number of ether oxygens (including phenoxy) is 2. The molecule has 2 aliphatic carbocycles. The van der Waals surface area contributed by atoms with Crippen LogP contribution < -0.4 is 0 Å². The highest BCUT2D eigenvalue weighted by Gasteiger charge is 2.65. The Morgan fingerprint density at radius 3 is 2.74 bits per heavy atom. The molecule has 2 saturated carbocycles. The minimum atomic E-state index is -0.604. The topological polar surface area (TPSA) is 72.8 Å². The van der Waals surface area contributed by atoms with Crippen LogP contribution in [0.5, 0.6) is 0 Å². The third kappa shape index (κ3) is 2.44. The van der Waals surface area contributed by atoms with Gasteiger partial charge in [0.15, 0.2) is 0 Å². The summed E-state index contributed by atoms with van der Waals surface area (Å²) in [5.74, 6) is -0.741. The van der Waals surface area contributed by atoms with Crippen LogP contribution in [0.1, 0.15) is 33.6 Å². The fourth-order valence-electron chi connectivity index (χ4n) is 5.07. The van der Waals surface area contributed by atoms with E-state index < -0.39 is 29.6 Å². The van der Waals surface area contributed by atoms with Gasteiger partial charge in [-0.2, -0.15) is 0 Å². The lowest BCUT2D eigenvalue weighted by Gasteiger charge is -2.43. The average Bonchev–Trinajstić information content (AvgIpc) is 2.79.